The quantitative estimate of drug-likeness (QED) is 0.808. The van der Waals surface area contributed by atoms with Gasteiger partial charge in [0.25, 0.3) is 5.91 Å². The second-order valence-electron chi connectivity index (χ2n) is 4.10. The van der Waals surface area contributed by atoms with Crippen molar-refractivity contribution >= 4 is 21.8 Å². The maximum Gasteiger partial charge on any atom is 0.257 e. The van der Waals surface area contributed by atoms with Crippen molar-refractivity contribution in [2.24, 2.45) is 0 Å². The lowest BCUT2D eigenvalue weighted by Gasteiger charge is -2.32. The Morgan fingerprint density at radius 3 is 2.94 bits per heavy atom. The first kappa shape index (κ1) is 13.2. The molecule has 0 spiro atoms. The van der Waals surface area contributed by atoms with Crippen molar-refractivity contribution in [3.8, 4) is 11.5 Å². The smallest absolute Gasteiger partial charge is 0.257 e. The van der Waals surface area contributed by atoms with E-state index in [4.69, 9.17) is 4.74 Å². The molecule has 6 heteroatoms. The third-order valence-corrected chi connectivity index (χ3v) is 3.53. The van der Waals surface area contributed by atoms with Gasteiger partial charge in [0.05, 0.1) is 18.3 Å². The maximum absolute atomic E-state index is 12.2. The summed E-state index contributed by atoms with van der Waals surface area (Å²) < 4.78 is 5.45. The van der Waals surface area contributed by atoms with Crippen molar-refractivity contribution in [3.05, 3.63) is 23.8 Å². The molecule has 0 saturated carbocycles. The average molecular weight is 316 g/mol. The van der Waals surface area contributed by atoms with Gasteiger partial charge in [-0.3, -0.25) is 4.79 Å². The third-order valence-electron chi connectivity index (χ3n) is 2.81. The molecule has 0 radical (unpaired) electrons. The van der Waals surface area contributed by atoms with Crippen LogP contribution >= 0.6 is 15.9 Å². The molecule has 1 aromatic carbocycles. The van der Waals surface area contributed by atoms with E-state index < -0.39 is 0 Å². The van der Waals surface area contributed by atoms with Crippen LogP contribution in [0.4, 0.5) is 0 Å². The summed E-state index contributed by atoms with van der Waals surface area (Å²) in [7, 11) is 0. The number of alkyl halides is 1. The number of carbonyl (C=O) groups is 1. The summed E-state index contributed by atoms with van der Waals surface area (Å²) in [6, 6.07) is 3.97. The zero-order valence-electron chi connectivity index (χ0n) is 9.67. The molecule has 1 saturated heterocycles. The van der Waals surface area contributed by atoms with E-state index in [1.165, 1.54) is 12.1 Å². The highest BCUT2D eigenvalue weighted by Crippen LogP contribution is 2.24. The first-order valence-electron chi connectivity index (χ1n) is 5.60. The number of hydrogen-bond acceptors (Lipinski definition) is 4. The van der Waals surface area contributed by atoms with Gasteiger partial charge in [0.1, 0.15) is 11.5 Å². The Morgan fingerprint density at radius 2 is 2.28 bits per heavy atom. The highest BCUT2D eigenvalue weighted by atomic mass is 79.9. The molecular formula is C12H14BrNO4. The molecule has 98 valence electrons. The normalized spacial score (nSPS) is 19.8. The number of amides is 1. The first-order chi connectivity index (χ1) is 8.61. The van der Waals surface area contributed by atoms with Gasteiger partial charge in [0.2, 0.25) is 0 Å². The lowest BCUT2D eigenvalue weighted by molar-refractivity contribution is -0.00975. The minimum atomic E-state index is -0.248. The Morgan fingerprint density at radius 1 is 1.50 bits per heavy atom. The Kier molecular flexibility index (Phi) is 4.08. The summed E-state index contributed by atoms with van der Waals surface area (Å²) in [5.74, 6) is -0.520. The van der Waals surface area contributed by atoms with Gasteiger partial charge >= 0.3 is 0 Å². The molecule has 2 rings (SSSR count). The molecule has 1 aromatic rings. The van der Waals surface area contributed by atoms with Crippen molar-refractivity contribution in [2.75, 3.05) is 25.0 Å². The molecule has 1 heterocycles. The lowest BCUT2D eigenvalue weighted by atomic mass is 10.1. The second kappa shape index (κ2) is 5.58. The number of carbonyl (C=O) groups excluding carboxylic acids is 1. The van der Waals surface area contributed by atoms with Gasteiger partial charge in [-0.2, -0.15) is 0 Å². The molecule has 0 aromatic heterocycles. The van der Waals surface area contributed by atoms with Crippen LogP contribution in [0.15, 0.2) is 18.2 Å². The molecular weight excluding hydrogens is 302 g/mol. The van der Waals surface area contributed by atoms with Crippen molar-refractivity contribution in [1.29, 1.82) is 0 Å². The van der Waals surface area contributed by atoms with E-state index in [9.17, 15) is 15.0 Å². The number of phenolic OH excluding ortho intramolecular Hbond substituents is 2. The summed E-state index contributed by atoms with van der Waals surface area (Å²) in [6.45, 7) is 1.48. The number of ether oxygens (including phenoxy) is 1. The lowest BCUT2D eigenvalue weighted by Crippen LogP contribution is -2.46. The highest BCUT2D eigenvalue weighted by molar-refractivity contribution is 9.09. The SMILES string of the molecule is O=C(c1ccc(O)cc1O)N1CCOC(CBr)C1. The largest absolute Gasteiger partial charge is 0.508 e. The predicted octanol–water partition coefficient (Wildman–Crippen LogP) is 1.33. The number of morpholine rings is 1. The van der Waals surface area contributed by atoms with Gasteiger partial charge in [-0.05, 0) is 12.1 Å². The van der Waals surface area contributed by atoms with E-state index in [1.54, 1.807) is 4.90 Å². The van der Waals surface area contributed by atoms with Crippen LogP contribution < -0.4 is 0 Å². The number of rotatable bonds is 2. The summed E-state index contributed by atoms with van der Waals surface area (Å²) >= 11 is 3.32. The molecule has 0 bridgehead atoms. The van der Waals surface area contributed by atoms with Crippen molar-refractivity contribution in [3.63, 3.8) is 0 Å². The summed E-state index contributed by atoms with van der Waals surface area (Å²) in [5, 5.41) is 19.5. The van der Waals surface area contributed by atoms with Gasteiger partial charge < -0.3 is 19.8 Å². The minimum Gasteiger partial charge on any atom is -0.508 e. The summed E-state index contributed by atoms with van der Waals surface area (Å²) in [5.41, 5.74) is 0.197. The van der Waals surface area contributed by atoms with Crippen LogP contribution in [0, 0.1) is 0 Å². The standard InChI is InChI=1S/C12H14BrNO4/c13-6-9-7-14(3-4-18-9)12(17)10-2-1-8(15)5-11(10)16/h1-2,5,9,15-16H,3-4,6-7H2. The highest BCUT2D eigenvalue weighted by Gasteiger charge is 2.25. The van der Waals surface area contributed by atoms with E-state index in [-0.39, 0.29) is 29.1 Å². The predicted molar refractivity (Wildman–Crippen MR) is 69.2 cm³/mol. The molecule has 1 aliphatic rings. The molecule has 2 N–H and O–H groups in total. The second-order valence-corrected chi connectivity index (χ2v) is 4.75. The number of nitrogens with zero attached hydrogens (tertiary/aromatic N) is 1. The minimum absolute atomic E-state index is 0.0260. The first-order valence-corrected chi connectivity index (χ1v) is 6.73. The molecule has 1 unspecified atom stereocenters. The van der Waals surface area contributed by atoms with Gasteiger partial charge in [-0.25, -0.2) is 0 Å². The molecule has 18 heavy (non-hydrogen) atoms. The number of benzene rings is 1. The molecule has 1 atom stereocenters. The molecule has 1 fully saturated rings. The fraction of sp³-hybridized carbons (Fsp3) is 0.417. The van der Waals surface area contributed by atoms with Crippen LogP contribution in [0.5, 0.6) is 11.5 Å². The molecule has 0 aliphatic carbocycles. The Bertz CT molecular complexity index is 452. The van der Waals surface area contributed by atoms with E-state index in [0.29, 0.717) is 25.0 Å². The van der Waals surface area contributed by atoms with E-state index in [1.807, 2.05) is 0 Å². The van der Waals surface area contributed by atoms with Gasteiger partial charge in [-0.15, -0.1) is 0 Å². The maximum atomic E-state index is 12.2. The molecule has 5 nitrogen and oxygen atoms in total. The number of halogens is 1. The monoisotopic (exact) mass is 315 g/mol. The van der Waals surface area contributed by atoms with E-state index >= 15 is 0 Å². The zero-order valence-corrected chi connectivity index (χ0v) is 11.3. The zero-order chi connectivity index (χ0) is 13.1. The average Bonchev–Trinajstić information content (AvgIpc) is 2.38. The van der Waals surface area contributed by atoms with E-state index in [2.05, 4.69) is 15.9 Å². The van der Waals surface area contributed by atoms with E-state index in [0.717, 1.165) is 6.07 Å². The topological polar surface area (TPSA) is 70.0 Å². The fourth-order valence-electron chi connectivity index (χ4n) is 1.87. The van der Waals surface area contributed by atoms with Crippen molar-refractivity contribution < 1.29 is 19.7 Å². The van der Waals surface area contributed by atoms with Gasteiger partial charge in [0, 0.05) is 24.5 Å². The Labute approximate surface area is 113 Å². The summed E-state index contributed by atoms with van der Waals surface area (Å²) in [4.78, 5) is 13.8. The van der Waals surface area contributed by atoms with Crippen molar-refractivity contribution in [2.45, 2.75) is 6.10 Å². The van der Waals surface area contributed by atoms with Crippen molar-refractivity contribution in [1.82, 2.24) is 4.90 Å². The van der Waals surface area contributed by atoms with Crippen LogP contribution in [-0.4, -0.2) is 52.2 Å². The fourth-order valence-corrected chi connectivity index (χ4v) is 2.26. The van der Waals surface area contributed by atoms with Crippen LogP contribution in [0.1, 0.15) is 10.4 Å². The van der Waals surface area contributed by atoms with Crippen LogP contribution in [0.2, 0.25) is 0 Å². The van der Waals surface area contributed by atoms with Crippen LogP contribution in [-0.2, 0) is 4.74 Å². The van der Waals surface area contributed by atoms with Gasteiger partial charge in [0.15, 0.2) is 0 Å². The Hall–Kier alpha value is -1.27. The van der Waals surface area contributed by atoms with Gasteiger partial charge in [-0.1, -0.05) is 15.9 Å². The molecule has 1 aliphatic heterocycles. The number of aromatic hydroxyl groups is 2. The summed E-state index contributed by atoms with van der Waals surface area (Å²) in [6.07, 6.45) is -0.0260. The number of hydrogen-bond donors (Lipinski definition) is 2. The Balaban J connectivity index is 2.15. The van der Waals surface area contributed by atoms with Crippen LogP contribution in [0.3, 0.4) is 0 Å². The number of phenols is 2. The molecule has 1 amide bonds. The third kappa shape index (κ3) is 2.76. The van der Waals surface area contributed by atoms with Crippen LogP contribution in [0.25, 0.3) is 0 Å².